The number of nitrogens with zero attached hydrogens (tertiary/aromatic N) is 2. The standard InChI is InChI=1S/C25H20N4O6/c1-26-23(30)19-11-17(9-10-27-19)34-16-7-8-18-20(12-16)35-25(28-18)29-24(31)22-14-32-21(13-33-22)15-5-3-2-4-6-15/h2-3,5,7-14H,4,6H2,1H3,(H,26,30)(H,28,29,31). The number of allylic oxidation sites excluding steroid dienone is 4. The van der Waals surface area contributed by atoms with Crippen molar-refractivity contribution in [2.75, 3.05) is 12.4 Å². The molecule has 0 unspecified atom stereocenters. The van der Waals surface area contributed by atoms with Crippen LogP contribution in [0.4, 0.5) is 6.01 Å². The molecule has 1 aliphatic carbocycles. The van der Waals surface area contributed by atoms with Gasteiger partial charge in [0, 0.05) is 25.4 Å². The van der Waals surface area contributed by atoms with E-state index in [2.05, 4.69) is 26.7 Å². The summed E-state index contributed by atoms with van der Waals surface area (Å²) >= 11 is 0. The Morgan fingerprint density at radius 1 is 1.06 bits per heavy atom. The van der Waals surface area contributed by atoms with E-state index >= 15 is 0 Å². The second-order valence-electron chi connectivity index (χ2n) is 7.52. The first kappa shape index (κ1) is 22.0. The third-order valence-electron chi connectivity index (χ3n) is 5.15. The number of nitrogens with one attached hydrogen (secondary N) is 2. The van der Waals surface area contributed by atoms with Crippen LogP contribution in [0.5, 0.6) is 11.5 Å². The molecular formula is C25H20N4O6. The first-order valence-electron chi connectivity index (χ1n) is 10.8. The number of benzene rings is 1. The molecule has 1 aromatic carbocycles. The fourth-order valence-electron chi connectivity index (χ4n) is 3.40. The molecule has 2 aliphatic rings. The van der Waals surface area contributed by atoms with Gasteiger partial charge in [-0.05, 0) is 36.6 Å². The summed E-state index contributed by atoms with van der Waals surface area (Å²) in [7, 11) is 1.52. The van der Waals surface area contributed by atoms with Gasteiger partial charge in [-0.1, -0.05) is 18.2 Å². The maximum Gasteiger partial charge on any atom is 0.302 e. The summed E-state index contributed by atoms with van der Waals surface area (Å²) in [6.45, 7) is 0. The molecule has 0 saturated carbocycles. The monoisotopic (exact) mass is 472 g/mol. The number of anilines is 1. The van der Waals surface area contributed by atoms with Crippen LogP contribution in [-0.2, 0) is 14.3 Å². The van der Waals surface area contributed by atoms with Gasteiger partial charge in [0.05, 0.1) is 0 Å². The molecule has 3 heterocycles. The summed E-state index contributed by atoms with van der Waals surface area (Å²) in [5, 5.41) is 5.06. The van der Waals surface area contributed by atoms with Crippen molar-refractivity contribution in [3.8, 4) is 11.5 Å². The Bertz CT molecular complexity index is 1430. The van der Waals surface area contributed by atoms with E-state index in [9.17, 15) is 9.59 Å². The van der Waals surface area contributed by atoms with Crippen LogP contribution >= 0.6 is 0 Å². The Morgan fingerprint density at radius 2 is 1.94 bits per heavy atom. The maximum absolute atomic E-state index is 12.5. The lowest BCUT2D eigenvalue weighted by Gasteiger charge is -2.17. The highest BCUT2D eigenvalue weighted by atomic mass is 16.5. The molecule has 0 bridgehead atoms. The highest BCUT2D eigenvalue weighted by molar-refractivity contribution is 6.01. The average molecular weight is 472 g/mol. The van der Waals surface area contributed by atoms with Gasteiger partial charge in [0.1, 0.15) is 35.2 Å². The molecule has 0 atom stereocenters. The summed E-state index contributed by atoms with van der Waals surface area (Å²) < 4.78 is 22.5. The Balaban J connectivity index is 1.25. The van der Waals surface area contributed by atoms with Crippen molar-refractivity contribution in [3.63, 3.8) is 0 Å². The predicted octanol–water partition coefficient (Wildman–Crippen LogP) is 4.32. The Kier molecular flexibility index (Phi) is 6.00. The molecule has 1 aliphatic heterocycles. The van der Waals surface area contributed by atoms with Crippen LogP contribution in [0.2, 0.25) is 0 Å². The lowest BCUT2D eigenvalue weighted by atomic mass is 10.0. The molecule has 10 nitrogen and oxygen atoms in total. The Morgan fingerprint density at radius 3 is 2.71 bits per heavy atom. The van der Waals surface area contributed by atoms with E-state index in [0.717, 1.165) is 18.4 Å². The van der Waals surface area contributed by atoms with Gasteiger partial charge in [0.2, 0.25) is 5.76 Å². The summed E-state index contributed by atoms with van der Waals surface area (Å²) in [6, 6.07) is 8.15. The number of carbonyl (C=O) groups is 2. The van der Waals surface area contributed by atoms with Crippen molar-refractivity contribution in [1.29, 1.82) is 0 Å². The van der Waals surface area contributed by atoms with Gasteiger partial charge in [-0.25, -0.2) is 0 Å². The number of ether oxygens (including phenoxy) is 3. The third kappa shape index (κ3) is 4.91. The number of hydrogen-bond donors (Lipinski definition) is 2. The lowest BCUT2D eigenvalue weighted by molar-refractivity contribution is -0.115. The minimum atomic E-state index is -0.570. The van der Waals surface area contributed by atoms with Crippen molar-refractivity contribution in [2.45, 2.75) is 12.8 Å². The molecule has 0 spiro atoms. The third-order valence-corrected chi connectivity index (χ3v) is 5.15. The predicted molar refractivity (Wildman–Crippen MR) is 125 cm³/mol. The van der Waals surface area contributed by atoms with Crippen molar-refractivity contribution in [1.82, 2.24) is 15.3 Å². The molecule has 35 heavy (non-hydrogen) atoms. The number of hydrogen-bond acceptors (Lipinski definition) is 8. The maximum atomic E-state index is 12.5. The molecule has 10 heteroatoms. The number of aromatic nitrogens is 2. The largest absolute Gasteiger partial charge is 0.457 e. The first-order valence-corrected chi connectivity index (χ1v) is 10.8. The van der Waals surface area contributed by atoms with Crippen molar-refractivity contribution in [3.05, 3.63) is 90.1 Å². The van der Waals surface area contributed by atoms with E-state index in [1.54, 1.807) is 24.3 Å². The van der Waals surface area contributed by atoms with E-state index in [0.29, 0.717) is 28.4 Å². The van der Waals surface area contributed by atoms with Crippen LogP contribution in [0.3, 0.4) is 0 Å². The van der Waals surface area contributed by atoms with Gasteiger partial charge < -0.3 is 23.9 Å². The summed E-state index contributed by atoms with van der Waals surface area (Å²) in [6.07, 6.45) is 11.9. The van der Waals surface area contributed by atoms with Crippen molar-refractivity contribution >= 4 is 28.9 Å². The number of rotatable bonds is 6. The minimum Gasteiger partial charge on any atom is -0.457 e. The Hall–Kier alpha value is -4.86. The first-order chi connectivity index (χ1) is 17.1. The van der Waals surface area contributed by atoms with Crippen LogP contribution < -0.4 is 15.4 Å². The number of carbonyl (C=O) groups excluding carboxylic acids is 2. The quantitative estimate of drug-likeness (QED) is 0.544. The fourth-order valence-corrected chi connectivity index (χ4v) is 3.40. The molecule has 3 aromatic rings. The number of oxazole rings is 1. The van der Waals surface area contributed by atoms with Gasteiger partial charge in [-0.2, -0.15) is 4.98 Å². The average Bonchev–Trinajstić information content (AvgIpc) is 3.30. The van der Waals surface area contributed by atoms with Crippen LogP contribution in [0.1, 0.15) is 23.3 Å². The molecule has 0 radical (unpaired) electrons. The zero-order chi connectivity index (χ0) is 24.2. The van der Waals surface area contributed by atoms with Gasteiger partial charge in [-0.3, -0.25) is 19.9 Å². The van der Waals surface area contributed by atoms with E-state index in [-0.39, 0.29) is 23.4 Å². The molecule has 2 amide bonds. The van der Waals surface area contributed by atoms with Gasteiger partial charge in [0.15, 0.2) is 11.3 Å². The lowest BCUT2D eigenvalue weighted by Crippen LogP contribution is -2.18. The second-order valence-corrected chi connectivity index (χ2v) is 7.52. The highest BCUT2D eigenvalue weighted by Gasteiger charge is 2.20. The van der Waals surface area contributed by atoms with Gasteiger partial charge >= 0.3 is 6.01 Å². The summed E-state index contributed by atoms with van der Waals surface area (Å²) in [5.41, 5.74) is 2.14. The van der Waals surface area contributed by atoms with E-state index < -0.39 is 5.91 Å². The van der Waals surface area contributed by atoms with Gasteiger partial charge in [0.25, 0.3) is 11.8 Å². The summed E-state index contributed by atoms with van der Waals surface area (Å²) in [4.78, 5) is 32.6. The normalized spacial score (nSPS) is 14.7. The SMILES string of the molecule is CNC(=O)c1cc(Oc2ccc3nc(NC(=O)C4=COC(C5=CC=CCC5)=CO4)oc3c2)ccn1. The zero-order valence-electron chi connectivity index (χ0n) is 18.6. The van der Waals surface area contributed by atoms with Crippen LogP contribution in [0, 0.1) is 0 Å². The topological polar surface area (TPSA) is 125 Å². The second kappa shape index (κ2) is 9.56. The Labute approximate surface area is 199 Å². The minimum absolute atomic E-state index is 0.00707. The molecular weight excluding hydrogens is 452 g/mol. The van der Waals surface area contributed by atoms with E-state index in [1.807, 2.05) is 12.2 Å². The smallest absolute Gasteiger partial charge is 0.302 e. The zero-order valence-corrected chi connectivity index (χ0v) is 18.6. The van der Waals surface area contributed by atoms with Gasteiger partial charge in [-0.15, -0.1) is 0 Å². The molecule has 5 rings (SSSR count). The molecule has 0 fully saturated rings. The van der Waals surface area contributed by atoms with Crippen LogP contribution in [0.25, 0.3) is 11.1 Å². The number of amides is 2. The van der Waals surface area contributed by atoms with E-state index in [4.69, 9.17) is 18.6 Å². The van der Waals surface area contributed by atoms with Crippen LogP contribution in [-0.4, -0.2) is 28.8 Å². The molecule has 0 saturated heterocycles. The molecule has 2 aromatic heterocycles. The molecule has 2 N–H and O–H groups in total. The van der Waals surface area contributed by atoms with E-state index in [1.165, 1.54) is 31.8 Å². The van der Waals surface area contributed by atoms with Crippen LogP contribution in [0.15, 0.2) is 88.8 Å². The number of pyridine rings is 1. The van der Waals surface area contributed by atoms with Crippen molar-refractivity contribution in [2.24, 2.45) is 0 Å². The molecule has 176 valence electrons. The fraction of sp³-hybridized carbons (Fsp3) is 0.120. The number of fused-ring (bicyclic) bond motifs is 1. The van der Waals surface area contributed by atoms with Crippen molar-refractivity contribution < 1.29 is 28.2 Å². The highest BCUT2D eigenvalue weighted by Crippen LogP contribution is 2.29. The summed E-state index contributed by atoms with van der Waals surface area (Å²) in [5.74, 6) is 0.531.